The van der Waals surface area contributed by atoms with Crippen molar-refractivity contribution in [2.24, 2.45) is 0 Å². The van der Waals surface area contributed by atoms with Crippen molar-refractivity contribution >= 4 is 10.0 Å². The van der Waals surface area contributed by atoms with Crippen LogP contribution >= 0.6 is 0 Å². The Kier molecular flexibility index (Phi) is 5.23. The molecule has 0 saturated carbocycles. The van der Waals surface area contributed by atoms with E-state index in [1.165, 1.54) is 12.1 Å². The van der Waals surface area contributed by atoms with E-state index >= 15 is 0 Å². The van der Waals surface area contributed by atoms with Crippen molar-refractivity contribution in [3.63, 3.8) is 0 Å². The van der Waals surface area contributed by atoms with Crippen molar-refractivity contribution < 1.29 is 17.3 Å². The van der Waals surface area contributed by atoms with Crippen molar-refractivity contribution in [3.05, 3.63) is 65.8 Å². The smallest absolute Gasteiger partial charge is 0.243 e. The fourth-order valence-corrected chi connectivity index (χ4v) is 4.77. The second-order valence-electron chi connectivity index (χ2n) is 6.80. The summed E-state index contributed by atoms with van der Waals surface area (Å²) in [5.74, 6) is 0.500. The standard InChI is InChI=1S/C20H20FN3O3S/c21-17-8-4-15(5-9-17)14-19-22-20(23-27-19)16-6-10-18(11-7-16)28(25,26)24-12-2-1-3-13-24/h4-11H,1-3,12-14H2. The molecule has 8 heteroatoms. The molecule has 2 aromatic carbocycles. The Morgan fingerprint density at radius 2 is 1.64 bits per heavy atom. The number of aromatic nitrogens is 2. The summed E-state index contributed by atoms with van der Waals surface area (Å²) >= 11 is 0. The molecule has 28 heavy (non-hydrogen) atoms. The van der Waals surface area contributed by atoms with Crippen LogP contribution in [-0.4, -0.2) is 36.0 Å². The normalized spacial score (nSPS) is 15.6. The summed E-state index contributed by atoms with van der Waals surface area (Å²) in [6, 6.07) is 12.6. The molecule has 1 saturated heterocycles. The molecule has 0 N–H and O–H groups in total. The summed E-state index contributed by atoms with van der Waals surface area (Å²) in [6.07, 6.45) is 3.27. The van der Waals surface area contributed by atoms with Crippen molar-refractivity contribution in [2.75, 3.05) is 13.1 Å². The maximum Gasteiger partial charge on any atom is 0.243 e. The first-order chi connectivity index (χ1) is 13.5. The molecule has 1 aromatic heterocycles. The number of nitrogens with zero attached hydrogens (tertiary/aromatic N) is 3. The summed E-state index contributed by atoms with van der Waals surface area (Å²) in [5.41, 5.74) is 1.53. The predicted molar refractivity (Wildman–Crippen MR) is 102 cm³/mol. The van der Waals surface area contributed by atoms with Crippen LogP contribution in [0.1, 0.15) is 30.7 Å². The first-order valence-electron chi connectivity index (χ1n) is 9.20. The number of hydrogen-bond donors (Lipinski definition) is 0. The first-order valence-corrected chi connectivity index (χ1v) is 10.6. The monoisotopic (exact) mass is 401 g/mol. The SMILES string of the molecule is O=S(=O)(c1ccc(-c2noc(Cc3ccc(F)cc3)n2)cc1)N1CCCCC1. The van der Waals surface area contributed by atoms with Gasteiger partial charge < -0.3 is 4.52 Å². The Balaban J connectivity index is 1.49. The van der Waals surface area contributed by atoms with Crippen LogP contribution in [0, 0.1) is 5.82 Å². The fraction of sp³-hybridized carbons (Fsp3) is 0.300. The van der Waals surface area contributed by atoms with Crippen LogP contribution in [0.15, 0.2) is 57.9 Å². The first kappa shape index (κ1) is 18.8. The molecule has 4 rings (SSSR count). The molecule has 1 fully saturated rings. The van der Waals surface area contributed by atoms with Crippen LogP contribution in [0.5, 0.6) is 0 Å². The second-order valence-corrected chi connectivity index (χ2v) is 8.74. The van der Waals surface area contributed by atoms with Gasteiger partial charge in [-0.1, -0.05) is 23.7 Å². The maximum atomic E-state index is 13.0. The lowest BCUT2D eigenvalue weighted by atomic mass is 10.1. The van der Waals surface area contributed by atoms with Gasteiger partial charge in [0, 0.05) is 18.7 Å². The highest BCUT2D eigenvalue weighted by molar-refractivity contribution is 7.89. The molecule has 0 aliphatic carbocycles. The highest BCUT2D eigenvalue weighted by Gasteiger charge is 2.25. The molecule has 146 valence electrons. The van der Waals surface area contributed by atoms with Crippen LogP contribution in [-0.2, 0) is 16.4 Å². The summed E-state index contributed by atoms with van der Waals surface area (Å²) in [7, 11) is -3.46. The molecule has 0 bridgehead atoms. The number of hydrogen-bond acceptors (Lipinski definition) is 5. The van der Waals surface area contributed by atoms with Crippen molar-refractivity contribution in [1.82, 2.24) is 14.4 Å². The average Bonchev–Trinajstić information content (AvgIpc) is 3.19. The van der Waals surface area contributed by atoms with E-state index in [4.69, 9.17) is 4.52 Å². The third kappa shape index (κ3) is 3.98. The third-order valence-corrected chi connectivity index (χ3v) is 6.71. The van der Waals surface area contributed by atoms with Crippen LogP contribution < -0.4 is 0 Å². The van der Waals surface area contributed by atoms with Gasteiger partial charge >= 0.3 is 0 Å². The molecule has 6 nitrogen and oxygen atoms in total. The Labute approximate surface area is 163 Å². The fourth-order valence-electron chi connectivity index (χ4n) is 3.25. The maximum absolute atomic E-state index is 13.0. The van der Waals surface area contributed by atoms with Gasteiger partial charge in [0.1, 0.15) is 5.82 Å². The zero-order chi connectivity index (χ0) is 19.6. The zero-order valence-corrected chi connectivity index (χ0v) is 16.0. The molecular formula is C20H20FN3O3S. The molecule has 0 unspecified atom stereocenters. The van der Waals surface area contributed by atoms with E-state index in [9.17, 15) is 12.8 Å². The summed E-state index contributed by atoms with van der Waals surface area (Å²) in [5, 5.41) is 3.96. The molecule has 0 spiro atoms. The lowest BCUT2D eigenvalue weighted by molar-refractivity contribution is 0.346. The number of halogens is 1. The molecular weight excluding hydrogens is 381 g/mol. The topological polar surface area (TPSA) is 76.3 Å². The van der Waals surface area contributed by atoms with Gasteiger partial charge in [0.05, 0.1) is 11.3 Å². The Bertz CT molecular complexity index is 1040. The lowest BCUT2D eigenvalue weighted by Crippen LogP contribution is -2.35. The minimum absolute atomic E-state index is 0.271. The quantitative estimate of drug-likeness (QED) is 0.652. The molecule has 3 aromatic rings. The molecule has 1 aliphatic heterocycles. The Hall–Kier alpha value is -2.58. The van der Waals surface area contributed by atoms with Crippen LogP contribution in [0.25, 0.3) is 11.4 Å². The largest absolute Gasteiger partial charge is 0.339 e. The summed E-state index contributed by atoms with van der Waals surface area (Å²) < 4.78 is 45.2. The zero-order valence-electron chi connectivity index (χ0n) is 15.2. The number of benzene rings is 2. The average molecular weight is 401 g/mol. The Morgan fingerprint density at radius 1 is 0.964 bits per heavy atom. The van der Waals surface area contributed by atoms with Crippen LogP contribution in [0.4, 0.5) is 4.39 Å². The van der Waals surface area contributed by atoms with Gasteiger partial charge in [-0.2, -0.15) is 9.29 Å². The minimum Gasteiger partial charge on any atom is -0.339 e. The van der Waals surface area contributed by atoms with Gasteiger partial charge in [0.25, 0.3) is 0 Å². The van der Waals surface area contributed by atoms with Crippen molar-refractivity contribution in [3.8, 4) is 11.4 Å². The van der Waals surface area contributed by atoms with E-state index < -0.39 is 10.0 Å². The van der Waals surface area contributed by atoms with Gasteiger partial charge in [-0.25, -0.2) is 12.8 Å². The van der Waals surface area contributed by atoms with Gasteiger partial charge in [0.2, 0.25) is 21.7 Å². The third-order valence-electron chi connectivity index (χ3n) is 4.80. The van der Waals surface area contributed by atoms with Crippen LogP contribution in [0.2, 0.25) is 0 Å². The van der Waals surface area contributed by atoms with Gasteiger partial charge in [-0.05, 0) is 54.8 Å². The molecule has 1 aliphatic rings. The number of sulfonamides is 1. The van der Waals surface area contributed by atoms with Crippen molar-refractivity contribution in [1.29, 1.82) is 0 Å². The van der Waals surface area contributed by atoms with E-state index in [2.05, 4.69) is 10.1 Å². The molecule has 0 atom stereocenters. The molecule has 2 heterocycles. The second kappa shape index (κ2) is 7.81. The van der Waals surface area contributed by atoms with E-state index in [1.807, 2.05) is 0 Å². The van der Waals surface area contributed by atoms with E-state index in [0.29, 0.717) is 36.8 Å². The van der Waals surface area contributed by atoms with E-state index in [0.717, 1.165) is 24.8 Å². The predicted octanol–water partition coefficient (Wildman–Crippen LogP) is 3.64. The Morgan fingerprint density at radius 3 is 2.32 bits per heavy atom. The highest BCUT2D eigenvalue weighted by atomic mass is 32.2. The molecule has 0 radical (unpaired) electrons. The highest BCUT2D eigenvalue weighted by Crippen LogP contribution is 2.24. The minimum atomic E-state index is -3.46. The summed E-state index contributed by atoms with van der Waals surface area (Å²) in [4.78, 5) is 4.62. The number of piperidine rings is 1. The summed E-state index contributed by atoms with van der Waals surface area (Å²) in [6.45, 7) is 1.14. The molecule has 0 amide bonds. The van der Waals surface area contributed by atoms with Gasteiger partial charge in [-0.15, -0.1) is 0 Å². The van der Waals surface area contributed by atoms with E-state index in [-0.39, 0.29) is 10.7 Å². The number of rotatable bonds is 5. The van der Waals surface area contributed by atoms with E-state index in [1.54, 1.807) is 40.7 Å². The lowest BCUT2D eigenvalue weighted by Gasteiger charge is -2.25. The van der Waals surface area contributed by atoms with Crippen LogP contribution in [0.3, 0.4) is 0 Å². The van der Waals surface area contributed by atoms with Gasteiger partial charge in [-0.3, -0.25) is 0 Å². The van der Waals surface area contributed by atoms with Crippen molar-refractivity contribution in [2.45, 2.75) is 30.6 Å². The van der Waals surface area contributed by atoms with Gasteiger partial charge in [0.15, 0.2) is 0 Å².